The molecule has 3 rings (SSSR count). The van der Waals surface area contributed by atoms with E-state index in [-0.39, 0.29) is 5.75 Å². The Morgan fingerprint density at radius 3 is 2.82 bits per heavy atom. The SMILES string of the molecule is Cn1c(C2CCSCC2)nc2cc(OCC(F)F)c(N)cc21. The number of alkyl halides is 2. The van der Waals surface area contributed by atoms with Crippen LogP contribution in [0.4, 0.5) is 14.5 Å². The van der Waals surface area contributed by atoms with E-state index in [2.05, 4.69) is 4.57 Å². The molecule has 0 aliphatic carbocycles. The van der Waals surface area contributed by atoms with E-state index < -0.39 is 13.0 Å². The van der Waals surface area contributed by atoms with Gasteiger partial charge in [0.05, 0.1) is 16.7 Å². The Morgan fingerprint density at radius 1 is 1.41 bits per heavy atom. The van der Waals surface area contributed by atoms with Crippen molar-refractivity contribution in [3.8, 4) is 5.75 Å². The smallest absolute Gasteiger partial charge is 0.272 e. The number of nitrogens with zero attached hydrogens (tertiary/aromatic N) is 2. The number of rotatable bonds is 4. The lowest BCUT2D eigenvalue weighted by atomic mass is 10.0. The van der Waals surface area contributed by atoms with Gasteiger partial charge in [-0.1, -0.05) is 0 Å². The summed E-state index contributed by atoms with van der Waals surface area (Å²) in [7, 11) is 1.98. The van der Waals surface area contributed by atoms with E-state index in [0.29, 0.717) is 11.6 Å². The van der Waals surface area contributed by atoms with Gasteiger partial charge in [0, 0.05) is 19.0 Å². The zero-order chi connectivity index (χ0) is 15.7. The molecule has 7 heteroatoms. The van der Waals surface area contributed by atoms with Crippen LogP contribution in [0.3, 0.4) is 0 Å². The zero-order valence-electron chi connectivity index (χ0n) is 12.4. The molecule has 1 aliphatic rings. The van der Waals surface area contributed by atoms with Crippen LogP contribution in [0.25, 0.3) is 11.0 Å². The summed E-state index contributed by atoms with van der Waals surface area (Å²) in [4.78, 5) is 4.70. The molecule has 2 heterocycles. The lowest BCUT2D eigenvalue weighted by Gasteiger charge is -2.20. The Bertz CT molecular complexity index is 668. The van der Waals surface area contributed by atoms with Gasteiger partial charge in [-0.15, -0.1) is 0 Å². The number of anilines is 1. The van der Waals surface area contributed by atoms with Crippen molar-refractivity contribution in [2.45, 2.75) is 25.2 Å². The van der Waals surface area contributed by atoms with Gasteiger partial charge in [0.25, 0.3) is 6.43 Å². The minimum Gasteiger partial charge on any atom is -0.485 e. The second-order valence-electron chi connectivity index (χ2n) is 5.50. The highest BCUT2D eigenvalue weighted by Gasteiger charge is 2.22. The number of fused-ring (bicyclic) bond motifs is 1. The summed E-state index contributed by atoms with van der Waals surface area (Å²) in [5, 5.41) is 0. The highest BCUT2D eigenvalue weighted by Crippen LogP contribution is 2.34. The molecule has 0 spiro atoms. The van der Waals surface area contributed by atoms with Crippen molar-refractivity contribution < 1.29 is 13.5 Å². The molecule has 1 aromatic heterocycles. The van der Waals surface area contributed by atoms with Crippen LogP contribution in [-0.2, 0) is 7.05 Å². The predicted octanol–water partition coefficient (Wildman–Crippen LogP) is 3.41. The number of imidazole rings is 1. The van der Waals surface area contributed by atoms with Gasteiger partial charge in [0.2, 0.25) is 0 Å². The van der Waals surface area contributed by atoms with Crippen LogP contribution >= 0.6 is 11.8 Å². The monoisotopic (exact) mass is 327 g/mol. The van der Waals surface area contributed by atoms with Gasteiger partial charge in [-0.05, 0) is 30.4 Å². The van der Waals surface area contributed by atoms with Crippen molar-refractivity contribution >= 4 is 28.5 Å². The van der Waals surface area contributed by atoms with Gasteiger partial charge in [-0.3, -0.25) is 0 Å². The number of nitrogen functional groups attached to an aromatic ring is 1. The van der Waals surface area contributed by atoms with Crippen molar-refractivity contribution in [1.29, 1.82) is 0 Å². The van der Waals surface area contributed by atoms with E-state index in [1.165, 1.54) is 0 Å². The van der Waals surface area contributed by atoms with Crippen molar-refractivity contribution in [2.75, 3.05) is 23.8 Å². The summed E-state index contributed by atoms with van der Waals surface area (Å²) in [6.07, 6.45) is -0.285. The summed E-state index contributed by atoms with van der Waals surface area (Å²) >= 11 is 1.97. The van der Waals surface area contributed by atoms with E-state index in [1.54, 1.807) is 12.1 Å². The first-order chi connectivity index (χ1) is 10.6. The second-order valence-corrected chi connectivity index (χ2v) is 6.72. The molecule has 2 N–H and O–H groups in total. The Kier molecular flexibility index (Phi) is 4.42. The number of halogens is 2. The number of ether oxygens (including phenoxy) is 1. The third-order valence-corrected chi connectivity index (χ3v) is 5.05. The fourth-order valence-corrected chi connectivity index (χ4v) is 3.96. The molecule has 2 aromatic rings. The first-order valence-corrected chi connectivity index (χ1v) is 8.46. The second kappa shape index (κ2) is 6.32. The maximum atomic E-state index is 12.3. The minimum absolute atomic E-state index is 0.275. The van der Waals surface area contributed by atoms with Gasteiger partial charge < -0.3 is 15.0 Å². The summed E-state index contributed by atoms with van der Waals surface area (Å²) in [6, 6.07) is 3.42. The maximum Gasteiger partial charge on any atom is 0.272 e. The average molecular weight is 327 g/mol. The first-order valence-electron chi connectivity index (χ1n) is 7.31. The molecule has 0 amide bonds. The first kappa shape index (κ1) is 15.4. The summed E-state index contributed by atoms with van der Waals surface area (Å²) < 4.78 is 31.7. The van der Waals surface area contributed by atoms with Crippen LogP contribution in [0.1, 0.15) is 24.6 Å². The molecule has 0 unspecified atom stereocenters. The molecule has 4 nitrogen and oxygen atoms in total. The molecular weight excluding hydrogens is 308 g/mol. The molecular formula is C15H19F2N3OS. The van der Waals surface area contributed by atoms with Crippen LogP contribution in [0, 0.1) is 0 Å². The van der Waals surface area contributed by atoms with Crippen molar-refractivity contribution in [3.05, 3.63) is 18.0 Å². The number of aromatic nitrogens is 2. The fraction of sp³-hybridized carbons (Fsp3) is 0.533. The third kappa shape index (κ3) is 2.99. The number of hydrogen-bond acceptors (Lipinski definition) is 4. The fourth-order valence-electron chi connectivity index (χ4n) is 2.85. The summed E-state index contributed by atoms with van der Waals surface area (Å²) in [5.41, 5.74) is 7.93. The third-order valence-electron chi connectivity index (χ3n) is 4.00. The predicted molar refractivity (Wildman–Crippen MR) is 85.9 cm³/mol. The molecule has 0 radical (unpaired) electrons. The van der Waals surface area contributed by atoms with E-state index in [0.717, 1.165) is 41.2 Å². The van der Waals surface area contributed by atoms with Gasteiger partial charge in [0.15, 0.2) is 0 Å². The van der Waals surface area contributed by atoms with Crippen LogP contribution < -0.4 is 10.5 Å². The molecule has 0 atom stereocenters. The van der Waals surface area contributed by atoms with Gasteiger partial charge >= 0.3 is 0 Å². The van der Waals surface area contributed by atoms with Gasteiger partial charge in [-0.2, -0.15) is 11.8 Å². The number of nitrogens with two attached hydrogens (primary N) is 1. The average Bonchev–Trinajstić information content (AvgIpc) is 2.82. The Morgan fingerprint density at radius 2 is 2.14 bits per heavy atom. The summed E-state index contributed by atoms with van der Waals surface area (Å²) in [6.45, 7) is -0.657. The quantitative estimate of drug-likeness (QED) is 0.875. The molecule has 1 saturated heterocycles. The molecule has 22 heavy (non-hydrogen) atoms. The van der Waals surface area contributed by atoms with Gasteiger partial charge in [0.1, 0.15) is 18.2 Å². The molecule has 1 fully saturated rings. The highest BCUT2D eigenvalue weighted by molar-refractivity contribution is 7.99. The Balaban J connectivity index is 1.94. The standard InChI is InChI=1S/C15H19F2N3OS/c1-20-12-6-10(18)13(21-8-14(16)17)7-11(12)19-15(20)9-2-4-22-5-3-9/h6-7,9,14H,2-5,8,18H2,1H3. The van der Waals surface area contributed by atoms with Gasteiger partial charge in [-0.25, -0.2) is 13.8 Å². The number of hydrogen-bond donors (Lipinski definition) is 1. The van der Waals surface area contributed by atoms with E-state index in [4.69, 9.17) is 15.5 Å². The Hall–Kier alpha value is -1.50. The van der Waals surface area contributed by atoms with E-state index in [1.807, 2.05) is 18.8 Å². The number of aryl methyl sites for hydroxylation is 1. The van der Waals surface area contributed by atoms with Crippen molar-refractivity contribution in [2.24, 2.45) is 7.05 Å². The minimum atomic E-state index is -2.52. The molecule has 1 aromatic carbocycles. The number of benzene rings is 1. The van der Waals surface area contributed by atoms with E-state index >= 15 is 0 Å². The highest BCUT2D eigenvalue weighted by atomic mass is 32.2. The van der Waals surface area contributed by atoms with Crippen molar-refractivity contribution in [3.63, 3.8) is 0 Å². The van der Waals surface area contributed by atoms with Crippen LogP contribution in [0.15, 0.2) is 12.1 Å². The molecule has 0 saturated carbocycles. The van der Waals surface area contributed by atoms with Crippen LogP contribution in [-0.4, -0.2) is 34.1 Å². The lowest BCUT2D eigenvalue weighted by molar-refractivity contribution is 0.0823. The normalized spacial score (nSPS) is 16.5. The van der Waals surface area contributed by atoms with Crippen LogP contribution in [0.5, 0.6) is 5.75 Å². The molecule has 0 bridgehead atoms. The number of thioether (sulfide) groups is 1. The molecule has 120 valence electrons. The van der Waals surface area contributed by atoms with Crippen LogP contribution in [0.2, 0.25) is 0 Å². The topological polar surface area (TPSA) is 53.1 Å². The zero-order valence-corrected chi connectivity index (χ0v) is 13.2. The maximum absolute atomic E-state index is 12.3. The van der Waals surface area contributed by atoms with Crippen molar-refractivity contribution in [1.82, 2.24) is 9.55 Å². The lowest BCUT2D eigenvalue weighted by Crippen LogP contribution is -2.12. The Labute approximate surface area is 132 Å². The van der Waals surface area contributed by atoms with E-state index in [9.17, 15) is 8.78 Å². The summed E-state index contributed by atoms with van der Waals surface area (Å²) in [5.74, 6) is 4.07. The largest absolute Gasteiger partial charge is 0.485 e. The molecule has 1 aliphatic heterocycles.